The Hall–Kier alpha value is -2.87. The Morgan fingerprint density at radius 1 is 1.14 bits per heavy atom. The zero-order valence-corrected chi connectivity index (χ0v) is 22.6. The summed E-state index contributed by atoms with van der Waals surface area (Å²) in [6.07, 6.45) is 8.56. The summed E-state index contributed by atoms with van der Waals surface area (Å²) in [4.78, 5) is 6.37. The normalized spacial score (nSPS) is 17.9. The highest BCUT2D eigenvalue weighted by Crippen LogP contribution is 2.35. The smallest absolute Gasteiger partial charge is 0.196 e. The van der Waals surface area contributed by atoms with E-state index in [2.05, 4.69) is 36.5 Å². The first-order valence-electron chi connectivity index (χ1n) is 12.6. The highest BCUT2D eigenvalue weighted by Gasteiger charge is 2.23. The highest BCUT2D eigenvalue weighted by molar-refractivity contribution is 7.99. The van der Waals surface area contributed by atoms with Crippen LogP contribution in [-0.4, -0.2) is 69.5 Å². The van der Waals surface area contributed by atoms with Crippen molar-refractivity contribution in [2.24, 2.45) is 0 Å². The van der Waals surface area contributed by atoms with E-state index in [1.807, 2.05) is 43.5 Å². The molecule has 37 heavy (non-hydrogen) atoms. The van der Waals surface area contributed by atoms with Crippen molar-refractivity contribution in [2.75, 3.05) is 31.1 Å². The maximum atomic E-state index is 11.6. The lowest BCUT2D eigenvalue weighted by atomic mass is 10.1. The van der Waals surface area contributed by atoms with Gasteiger partial charge in [0.2, 0.25) is 0 Å². The molecule has 0 atom stereocenters. The molecule has 1 aliphatic heterocycles. The summed E-state index contributed by atoms with van der Waals surface area (Å²) >= 11 is 1.79. The fourth-order valence-corrected chi connectivity index (χ4v) is 7.09. The molecule has 8 nitrogen and oxygen atoms in total. The van der Waals surface area contributed by atoms with Crippen LogP contribution in [0.4, 0.5) is 0 Å². The van der Waals surface area contributed by atoms with Crippen LogP contribution in [-0.2, 0) is 16.4 Å². The van der Waals surface area contributed by atoms with E-state index >= 15 is 0 Å². The van der Waals surface area contributed by atoms with E-state index in [-0.39, 0.29) is 18.1 Å². The number of aryl methyl sites for hydroxylation is 1. The molecule has 1 aromatic carbocycles. The summed E-state index contributed by atoms with van der Waals surface area (Å²) in [7, 11) is -2.87. The number of aromatic nitrogens is 4. The average molecular weight is 538 g/mol. The fraction of sp³-hybridized carbons (Fsp3) is 0.444. The molecular formula is C27H31N5O3S2. The molecule has 0 N–H and O–H groups in total. The van der Waals surface area contributed by atoms with Crippen molar-refractivity contribution in [1.29, 1.82) is 0 Å². The van der Waals surface area contributed by atoms with Crippen LogP contribution in [0, 0.1) is 18.8 Å². The summed E-state index contributed by atoms with van der Waals surface area (Å²) in [5.41, 5.74) is 2.89. The maximum absolute atomic E-state index is 11.6. The van der Waals surface area contributed by atoms with Crippen molar-refractivity contribution in [1.82, 2.24) is 24.6 Å². The second kappa shape index (κ2) is 11.7. The lowest BCUT2D eigenvalue weighted by Gasteiger charge is -2.24. The number of benzene rings is 1. The van der Waals surface area contributed by atoms with Crippen molar-refractivity contribution in [3.05, 3.63) is 59.7 Å². The number of nitrogens with zero attached hydrogens (tertiary/aromatic N) is 5. The van der Waals surface area contributed by atoms with E-state index in [0.29, 0.717) is 24.9 Å². The molecule has 0 unspecified atom stereocenters. The molecule has 2 fully saturated rings. The van der Waals surface area contributed by atoms with Crippen molar-refractivity contribution in [3.8, 4) is 23.3 Å². The lowest BCUT2D eigenvalue weighted by Crippen LogP contribution is -2.40. The van der Waals surface area contributed by atoms with Gasteiger partial charge in [0.05, 0.1) is 29.9 Å². The van der Waals surface area contributed by atoms with Gasteiger partial charge >= 0.3 is 0 Å². The van der Waals surface area contributed by atoms with Gasteiger partial charge < -0.3 is 4.74 Å². The molecule has 2 aromatic heterocycles. The molecule has 10 heteroatoms. The number of sulfone groups is 1. The van der Waals surface area contributed by atoms with Gasteiger partial charge in [-0.25, -0.2) is 8.42 Å². The Morgan fingerprint density at radius 2 is 1.95 bits per heavy atom. The second-order valence-electron chi connectivity index (χ2n) is 9.46. The van der Waals surface area contributed by atoms with Gasteiger partial charge in [-0.2, -0.15) is 0 Å². The number of hydrogen-bond acceptors (Lipinski definition) is 8. The van der Waals surface area contributed by atoms with Crippen LogP contribution >= 0.6 is 11.8 Å². The molecule has 0 radical (unpaired) electrons. The van der Waals surface area contributed by atoms with Crippen molar-refractivity contribution >= 4 is 21.6 Å². The van der Waals surface area contributed by atoms with Gasteiger partial charge in [-0.3, -0.25) is 14.5 Å². The standard InChI is InChI=1S/C27H31N5O3S2/c1-21-18-24(11-10-22(21)6-5-13-31-14-16-37(33,34)17-15-31)35-20-26-29-30-27(36-25-8-2-3-9-25)32(26)23-7-4-12-28-19-23/h4,7,10-12,18-19,25H,2-3,8-9,13-17,20H2,1H3. The molecule has 2 aliphatic rings. The number of hydrogen-bond donors (Lipinski definition) is 0. The quantitative estimate of drug-likeness (QED) is 0.422. The zero-order chi connectivity index (χ0) is 25.7. The van der Waals surface area contributed by atoms with Crippen molar-refractivity contribution in [2.45, 2.75) is 49.6 Å². The topological polar surface area (TPSA) is 90.2 Å². The second-order valence-corrected chi connectivity index (χ2v) is 13.0. The Labute approximate surface area is 222 Å². The number of pyridine rings is 1. The van der Waals surface area contributed by atoms with Gasteiger partial charge in [0.25, 0.3) is 0 Å². The van der Waals surface area contributed by atoms with E-state index in [9.17, 15) is 8.42 Å². The van der Waals surface area contributed by atoms with Gasteiger partial charge in [0, 0.05) is 30.1 Å². The van der Waals surface area contributed by atoms with Crippen molar-refractivity contribution in [3.63, 3.8) is 0 Å². The first-order valence-corrected chi connectivity index (χ1v) is 15.3. The first-order chi connectivity index (χ1) is 18.0. The molecule has 3 heterocycles. The minimum atomic E-state index is -2.87. The van der Waals surface area contributed by atoms with Crippen LogP contribution < -0.4 is 4.74 Å². The first kappa shape index (κ1) is 25.8. The lowest BCUT2D eigenvalue weighted by molar-refractivity contribution is 0.292. The van der Waals surface area contributed by atoms with Gasteiger partial charge in [0.15, 0.2) is 20.8 Å². The van der Waals surface area contributed by atoms with Gasteiger partial charge in [-0.1, -0.05) is 36.4 Å². The third kappa shape index (κ3) is 6.72. The summed E-state index contributed by atoms with van der Waals surface area (Å²) < 4.78 is 31.3. The Morgan fingerprint density at radius 3 is 2.68 bits per heavy atom. The van der Waals surface area contributed by atoms with Crippen LogP contribution in [0.25, 0.3) is 5.69 Å². The molecule has 0 amide bonds. The molecule has 194 valence electrons. The van der Waals surface area contributed by atoms with Crippen LogP contribution in [0.1, 0.15) is 42.6 Å². The monoisotopic (exact) mass is 537 g/mol. The molecule has 0 spiro atoms. The molecule has 1 saturated heterocycles. The predicted molar refractivity (Wildman–Crippen MR) is 145 cm³/mol. The summed E-state index contributed by atoms with van der Waals surface area (Å²) in [5.74, 6) is 8.32. The Balaban J connectivity index is 1.24. The van der Waals surface area contributed by atoms with Crippen molar-refractivity contribution < 1.29 is 13.2 Å². The Kier molecular flexibility index (Phi) is 8.13. The van der Waals surface area contributed by atoms with E-state index in [1.54, 1.807) is 18.0 Å². The third-order valence-corrected chi connectivity index (χ3v) is 9.60. The van der Waals surface area contributed by atoms with Crippen LogP contribution in [0.3, 0.4) is 0 Å². The number of thioether (sulfide) groups is 1. The number of rotatable bonds is 7. The molecule has 1 saturated carbocycles. The largest absolute Gasteiger partial charge is 0.486 e. The van der Waals surface area contributed by atoms with Crippen LogP contribution in [0.2, 0.25) is 0 Å². The summed E-state index contributed by atoms with van der Waals surface area (Å²) in [6.45, 7) is 3.97. The molecule has 3 aromatic rings. The van der Waals surface area contributed by atoms with Crippen LogP contribution in [0.5, 0.6) is 5.75 Å². The molecule has 5 rings (SSSR count). The summed E-state index contributed by atoms with van der Waals surface area (Å²) in [5, 5.41) is 10.4. The number of ether oxygens (including phenoxy) is 1. The van der Waals surface area contributed by atoms with E-state index in [4.69, 9.17) is 4.74 Å². The fourth-order valence-electron chi connectivity index (χ4n) is 4.54. The SMILES string of the molecule is Cc1cc(OCc2nnc(SC3CCCC3)n2-c2cccnc2)ccc1C#CCN1CCS(=O)(=O)CC1. The third-order valence-electron chi connectivity index (χ3n) is 6.71. The minimum absolute atomic E-state index is 0.217. The maximum Gasteiger partial charge on any atom is 0.196 e. The van der Waals surface area contributed by atoms with Gasteiger partial charge in [-0.15, -0.1) is 10.2 Å². The summed E-state index contributed by atoms with van der Waals surface area (Å²) in [6, 6.07) is 9.80. The zero-order valence-electron chi connectivity index (χ0n) is 21.0. The minimum Gasteiger partial charge on any atom is -0.486 e. The van der Waals surface area contributed by atoms with Gasteiger partial charge in [-0.05, 0) is 55.7 Å². The predicted octanol–water partition coefficient (Wildman–Crippen LogP) is 3.67. The van der Waals surface area contributed by atoms with E-state index in [0.717, 1.165) is 33.5 Å². The van der Waals surface area contributed by atoms with Gasteiger partial charge in [0.1, 0.15) is 12.4 Å². The van der Waals surface area contributed by atoms with E-state index < -0.39 is 9.84 Å². The van der Waals surface area contributed by atoms with E-state index in [1.165, 1.54) is 25.7 Å². The van der Waals surface area contributed by atoms with Crippen LogP contribution in [0.15, 0.2) is 47.9 Å². The Bertz CT molecular complexity index is 1380. The average Bonchev–Trinajstić information content (AvgIpc) is 3.55. The molecular weight excluding hydrogens is 506 g/mol. The highest BCUT2D eigenvalue weighted by atomic mass is 32.2. The molecule has 1 aliphatic carbocycles. The molecule has 0 bridgehead atoms.